The SMILES string of the molecule is COc1ccc(C=NNc2nnc(C)n2N)cc1OC(C)=O. The summed E-state index contributed by atoms with van der Waals surface area (Å²) in [7, 11) is 1.49. The number of ether oxygens (including phenoxy) is 2. The molecule has 2 aromatic rings. The van der Waals surface area contributed by atoms with Gasteiger partial charge in [0.05, 0.1) is 13.3 Å². The van der Waals surface area contributed by atoms with E-state index in [1.54, 1.807) is 25.1 Å². The molecule has 22 heavy (non-hydrogen) atoms. The molecule has 0 fully saturated rings. The molecule has 0 saturated carbocycles. The Morgan fingerprint density at radius 2 is 2.18 bits per heavy atom. The van der Waals surface area contributed by atoms with E-state index in [2.05, 4.69) is 20.7 Å². The molecule has 0 amide bonds. The largest absolute Gasteiger partial charge is 0.493 e. The van der Waals surface area contributed by atoms with Crippen molar-refractivity contribution in [1.82, 2.24) is 14.9 Å². The Hall–Kier alpha value is -3.10. The van der Waals surface area contributed by atoms with Crippen LogP contribution in [-0.4, -0.2) is 34.2 Å². The number of hydrazone groups is 1. The molecule has 9 heteroatoms. The minimum Gasteiger partial charge on any atom is -0.493 e. The van der Waals surface area contributed by atoms with E-state index in [0.29, 0.717) is 28.8 Å². The number of esters is 1. The van der Waals surface area contributed by atoms with Gasteiger partial charge in [-0.15, -0.1) is 10.2 Å². The number of aryl methyl sites for hydroxylation is 1. The number of carbonyl (C=O) groups is 1. The zero-order valence-electron chi connectivity index (χ0n) is 12.4. The van der Waals surface area contributed by atoms with Crippen LogP contribution >= 0.6 is 0 Å². The molecule has 0 aliphatic heterocycles. The highest BCUT2D eigenvalue weighted by Gasteiger charge is 2.07. The smallest absolute Gasteiger partial charge is 0.308 e. The summed E-state index contributed by atoms with van der Waals surface area (Å²) in [6.07, 6.45) is 1.52. The number of hydrogen-bond donors (Lipinski definition) is 2. The summed E-state index contributed by atoms with van der Waals surface area (Å²) >= 11 is 0. The van der Waals surface area contributed by atoms with Gasteiger partial charge in [0, 0.05) is 6.92 Å². The van der Waals surface area contributed by atoms with E-state index in [1.165, 1.54) is 24.9 Å². The van der Waals surface area contributed by atoms with Gasteiger partial charge in [-0.3, -0.25) is 4.79 Å². The molecule has 116 valence electrons. The first-order valence-corrected chi connectivity index (χ1v) is 6.34. The van der Waals surface area contributed by atoms with E-state index in [0.717, 1.165) is 0 Å². The lowest BCUT2D eigenvalue weighted by Gasteiger charge is -2.08. The van der Waals surface area contributed by atoms with Crippen molar-refractivity contribution in [2.75, 3.05) is 18.4 Å². The topological polar surface area (TPSA) is 117 Å². The fourth-order valence-electron chi connectivity index (χ4n) is 1.62. The number of hydrogen-bond acceptors (Lipinski definition) is 8. The van der Waals surface area contributed by atoms with Crippen LogP contribution in [0.3, 0.4) is 0 Å². The number of rotatable bonds is 5. The monoisotopic (exact) mass is 304 g/mol. The summed E-state index contributed by atoms with van der Waals surface area (Å²) in [6, 6.07) is 5.06. The highest BCUT2D eigenvalue weighted by molar-refractivity contribution is 5.82. The third-order valence-electron chi connectivity index (χ3n) is 2.69. The molecule has 0 aliphatic carbocycles. The van der Waals surface area contributed by atoms with Gasteiger partial charge in [0.25, 0.3) is 5.95 Å². The second-order valence-electron chi connectivity index (χ2n) is 4.31. The Balaban J connectivity index is 2.13. The van der Waals surface area contributed by atoms with Crippen LogP contribution in [0, 0.1) is 6.92 Å². The molecular formula is C13H16N6O3. The predicted molar refractivity (Wildman–Crippen MR) is 80.4 cm³/mol. The lowest BCUT2D eigenvalue weighted by atomic mass is 10.2. The van der Waals surface area contributed by atoms with Gasteiger partial charge < -0.3 is 15.3 Å². The average molecular weight is 304 g/mol. The van der Waals surface area contributed by atoms with Crippen molar-refractivity contribution < 1.29 is 14.3 Å². The second-order valence-corrected chi connectivity index (χ2v) is 4.31. The van der Waals surface area contributed by atoms with Crippen LogP contribution in [-0.2, 0) is 4.79 Å². The lowest BCUT2D eigenvalue weighted by Crippen LogP contribution is -2.13. The van der Waals surface area contributed by atoms with Gasteiger partial charge in [-0.05, 0) is 30.7 Å². The molecule has 0 radical (unpaired) electrons. The fourth-order valence-corrected chi connectivity index (χ4v) is 1.62. The molecule has 1 aromatic carbocycles. The summed E-state index contributed by atoms with van der Waals surface area (Å²) in [4.78, 5) is 11.1. The first kappa shape index (κ1) is 15.3. The molecular weight excluding hydrogens is 288 g/mol. The normalized spacial score (nSPS) is 10.7. The third-order valence-corrected chi connectivity index (χ3v) is 2.69. The maximum absolute atomic E-state index is 11.1. The number of nitrogens with one attached hydrogen (secondary N) is 1. The van der Waals surface area contributed by atoms with Crippen molar-refractivity contribution in [3.8, 4) is 11.5 Å². The molecule has 0 saturated heterocycles. The quantitative estimate of drug-likeness (QED) is 0.274. The standard InChI is InChI=1S/C13H16N6O3/c1-8-16-18-13(19(8)14)17-15-7-10-4-5-11(21-3)12(6-10)22-9(2)20/h4-7H,14H2,1-3H3,(H,17,18). The van der Waals surface area contributed by atoms with E-state index in [-0.39, 0.29) is 0 Å². The molecule has 0 aliphatic rings. The average Bonchev–Trinajstić information content (AvgIpc) is 2.79. The van der Waals surface area contributed by atoms with Crippen LogP contribution < -0.4 is 20.7 Å². The van der Waals surface area contributed by atoms with E-state index < -0.39 is 5.97 Å². The maximum Gasteiger partial charge on any atom is 0.308 e. The Labute approximate surface area is 126 Å². The van der Waals surface area contributed by atoms with Gasteiger partial charge in [0.15, 0.2) is 17.3 Å². The highest BCUT2D eigenvalue weighted by Crippen LogP contribution is 2.27. The van der Waals surface area contributed by atoms with Crippen molar-refractivity contribution in [3.05, 3.63) is 29.6 Å². The maximum atomic E-state index is 11.1. The highest BCUT2D eigenvalue weighted by atomic mass is 16.6. The molecule has 3 N–H and O–H groups in total. The van der Waals surface area contributed by atoms with Gasteiger partial charge in [-0.25, -0.2) is 10.1 Å². The van der Waals surface area contributed by atoms with E-state index in [9.17, 15) is 4.79 Å². The Kier molecular flexibility index (Phi) is 4.57. The summed E-state index contributed by atoms with van der Waals surface area (Å²) in [5, 5.41) is 11.6. The van der Waals surface area contributed by atoms with Crippen LogP contribution in [0.25, 0.3) is 0 Å². The second kappa shape index (κ2) is 6.57. The number of nitrogens with two attached hydrogens (primary N) is 1. The first-order valence-electron chi connectivity index (χ1n) is 6.34. The van der Waals surface area contributed by atoms with Crippen LogP contribution in [0.4, 0.5) is 5.95 Å². The van der Waals surface area contributed by atoms with Gasteiger partial charge in [0.1, 0.15) is 0 Å². The summed E-state index contributed by atoms with van der Waals surface area (Å²) in [5.41, 5.74) is 3.36. The van der Waals surface area contributed by atoms with Crippen LogP contribution in [0.5, 0.6) is 11.5 Å². The number of nitrogen functional groups attached to an aromatic ring is 1. The number of aromatic nitrogens is 3. The number of anilines is 1. The van der Waals surface area contributed by atoms with Crippen LogP contribution in [0.2, 0.25) is 0 Å². The fraction of sp³-hybridized carbons (Fsp3) is 0.231. The first-order chi connectivity index (χ1) is 10.5. The summed E-state index contributed by atoms with van der Waals surface area (Å²) < 4.78 is 11.5. The van der Waals surface area contributed by atoms with Crippen molar-refractivity contribution in [1.29, 1.82) is 0 Å². The van der Waals surface area contributed by atoms with Crippen molar-refractivity contribution in [3.63, 3.8) is 0 Å². The van der Waals surface area contributed by atoms with Crippen molar-refractivity contribution in [2.45, 2.75) is 13.8 Å². The molecule has 0 bridgehead atoms. The number of nitrogens with zero attached hydrogens (tertiary/aromatic N) is 4. The Morgan fingerprint density at radius 1 is 1.41 bits per heavy atom. The molecule has 1 aromatic heterocycles. The van der Waals surface area contributed by atoms with Crippen LogP contribution in [0.1, 0.15) is 18.3 Å². The molecule has 1 heterocycles. The molecule has 2 rings (SSSR count). The number of methoxy groups -OCH3 is 1. The van der Waals surface area contributed by atoms with Crippen molar-refractivity contribution in [2.24, 2.45) is 5.10 Å². The predicted octanol–water partition coefficient (Wildman–Crippen LogP) is 0.680. The van der Waals surface area contributed by atoms with Gasteiger partial charge in [-0.2, -0.15) is 5.10 Å². The van der Waals surface area contributed by atoms with E-state index >= 15 is 0 Å². The van der Waals surface area contributed by atoms with Crippen LogP contribution in [0.15, 0.2) is 23.3 Å². The van der Waals surface area contributed by atoms with Gasteiger partial charge in [-0.1, -0.05) is 0 Å². The van der Waals surface area contributed by atoms with Gasteiger partial charge >= 0.3 is 5.97 Å². The Bertz CT molecular complexity index is 710. The molecule has 0 spiro atoms. The number of benzene rings is 1. The third kappa shape index (κ3) is 3.51. The van der Waals surface area contributed by atoms with Crippen molar-refractivity contribution >= 4 is 18.1 Å². The summed E-state index contributed by atoms with van der Waals surface area (Å²) in [5.74, 6) is 6.88. The summed E-state index contributed by atoms with van der Waals surface area (Å²) in [6.45, 7) is 3.04. The zero-order valence-corrected chi connectivity index (χ0v) is 12.4. The molecule has 9 nitrogen and oxygen atoms in total. The van der Waals surface area contributed by atoms with E-state index in [4.69, 9.17) is 15.3 Å². The zero-order chi connectivity index (χ0) is 16.1. The number of carbonyl (C=O) groups excluding carboxylic acids is 1. The molecule has 0 unspecified atom stereocenters. The minimum absolute atomic E-state index is 0.308. The minimum atomic E-state index is -0.433. The Morgan fingerprint density at radius 3 is 2.77 bits per heavy atom. The van der Waals surface area contributed by atoms with Gasteiger partial charge in [0.2, 0.25) is 0 Å². The lowest BCUT2D eigenvalue weighted by molar-refractivity contribution is -0.132. The molecule has 0 atom stereocenters. The van der Waals surface area contributed by atoms with E-state index in [1.807, 2.05) is 0 Å².